The molecule has 2 aromatic carbocycles. The normalized spacial score (nSPS) is 12.4. The second kappa shape index (κ2) is 9.45. The lowest BCUT2D eigenvalue weighted by atomic mass is 10.1. The van der Waals surface area contributed by atoms with E-state index in [0.29, 0.717) is 13.2 Å². The summed E-state index contributed by atoms with van der Waals surface area (Å²) in [5, 5.41) is 10.4. The van der Waals surface area contributed by atoms with Crippen LogP contribution in [-0.4, -0.2) is 35.8 Å². The summed E-state index contributed by atoms with van der Waals surface area (Å²) in [6, 6.07) is 16.5. The van der Waals surface area contributed by atoms with Crippen molar-refractivity contribution >= 4 is 0 Å². The van der Waals surface area contributed by atoms with Crippen molar-refractivity contribution in [3.8, 4) is 5.75 Å². The molecule has 0 aromatic heterocycles. The molecule has 0 bridgehead atoms. The predicted molar refractivity (Wildman–Crippen MR) is 99.4 cm³/mol. The predicted octanol–water partition coefficient (Wildman–Crippen LogP) is 3.96. The van der Waals surface area contributed by atoms with E-state index < -0.39 is 6.10 Å². The van der Waals surface area contributed by atoms with Crippen molar-refractivity contribution < 1.29 is 9.84 Å². The summed E-state index contributed by atoms with van der Waals surface area (Å²) in [5.41, 5.74) is 3.65. The summed E-state index contributed by atoms with van der Waals surface area (Å²) in [5.74, 6) is 0.845. The van der Waals surface area contributed by atoms with Gasteiger partial charge in [0, 0.05) is 13.1 Å². The van der Waals surface area contributed by atoms with Crippen molar-refractivity contribution in [3.63, 3.8) is 0 Å². The van der Waals surface area contributed by atoms with Crippen LogP contribution in [-0.2, 0) is 6.54 Å². The highest BCUT2D eigenvalue weighted by molar-refractivity contribution is 5.31. The maximum absolute atomic E-state index is 10.4. The van der Waals surface area contributed by atoms with E-state index in [-0.39, 0.29) is 0 Å². The highest BCUT2D eigenvalue weighted by Crippen LogP contribution is 2.16. The Labute approximate surface area is 145 Å². The first-order valence-electron chi connectivity index (χ1n) is 8.73. The Hall–Kier alpha value is -1.84. The minimum Gasteiger partial charge on any atom is -0.491 e. The van der Waals surface area contributed by atoms with Gasteiger partial charge in [-0.05, 0) is 44.0 Å². The number of para-hydroxylation sites is 1. The molecule has 0 aliphatic heterocycles. The van der Waals surface area contributed by atoms with Crippen molar-refractivity contribution in [3.05, 3.63) is 65.2 Å². The van der Waals surface area contributed by atoms with Crippen LogP contribution in [0.1, 0.15) is 30.0 Å². The van der Waals surface area contributed by atoms with Crippen LogP contribution in [0.5, 0.6) is 5.75 Å². The standard InChI is InChI=1S/C21H29NO2/c1-4-12-22(14-19-10-7-8-17(2)13-19)15-20(23)16-24-21-11-6-5-9-18(21)3/h5-11,13,20,23H,4,12,14-16H2,1-3H3/t20-/m1/s1. The molecule has 130 valence electrons. The van der Waals surface area contributed by atoms with Crippen LogP contribution in [0.15, 0.2) is 48.5 Å². The molecule has 0 saturated carbocycles. The second-order valence-electron chi connectivity index (χ2n) is 6.45. The molecule has 3 heteroatoms. The van der Waals surface area contributed by atoms with Gasteiger partial charge < -0.3 is 9.84 Å². The smallest absolute Gasteiger partial charge is 0.122 e. The third kappa shape index (κ3) is 5.99. The van der Waals surface area contributed by atoms with Crippen LogP contribution in [0.4, 0.5) is 0 Å². The molecule has 1 atom stereocenters. The van der Waals surface area contributed by atoms with Gasteiger partial charge in [0.1, 0.15) is 18.5 Å². The number of benzene rings is 2. The van der Waals surface area contributed by atoms with Crippen molar-refractivity contribution in [1.29, 1.82) is 0 Å². The fourth-order valence-corrected chi connectivity index (χ4v) is 2.87. The molecule has 1 N–H and O–H groups in total. The van der Waals surface area contributed by atoms with E-state index in [1.807, 2.05) is 31.2 Å². The molecule has 2 rings (SSSR count). The Morgan fingerprint density at radius 2 is 1.88 bits per heavy atom. The van der Waals surface area contributed by atoms with E-state index >= 15 is 0 Å². The van der Waals surface area contributed by atoms with Gasteiger partial charge >= 0.3 is 0 Å². The zero-order chi connectivity index (χ0) is 17.4. The number of ether oxygens (including phenoxy) is 1. The first-order chi connectivity index (χ1) is 11.6. The van der Waals surface area contributed by atoms with E-state index in [1.54, 1.807) is 0 Å². The summed E-state index contributed by atoms with van der Waals surface area (Å²) in [6.07, 6.45) is 0.568. The Morgan fingerprint density at radius 3 is 2.58 bits per heavy atom. The third-order valence-electron chi connectivity index (χ3n) is 4.02. The Morgan fingerprint density at radius 1 is 1.08 bits per heavy atom. The molecule has 0 radical (unpaired) electrons. The zero-order valence-electron chi connectivity index (χ0n) is 15.0. The summed E-state index contributed by atoms with van der Waals surface area (Å²) >= 11 is 0. The number of aliphatic hydroxyl groups excluding tert-OH is 1. The molecule has 0 heterocycles. The topological polar surface area (TPSA) is 32.7 Å². The van der Waals surface area contributed by atoms with Crippen molar-refractivity contribution in [2.24, 2.45) is 0 Å². The van der Waals surface area contributed by atoms with Gasteiger partial charge in [-0.3, -0.25) is 4.90 Å². The van der Waals surface area contributed by atoms with Gasteiger partial charge in [-0.25, -0.2) is 0 Å². The maximum Gasteiger partial charge on any atom is 0.122 e. The summed E-state index contributed by atoms with van der Waals surface area (Å²) < 4.78 is 5.77. The lowest BCUT2D eigenvalue weighted by Gasteiger charge is -2.25. The second-order valence-corrected chi connectivity index (χ2v) is 6.45. The highest BCUT2D eigenvalue weighted by Gasteiger charge is 2.13. The maximum atomic E-state index is 10.4. The summed E-state index contributed by atoms with van der Waals surface area (Å²) in [4.78, 5) is 2.29. The SMILES string of the molecule is CCCN(Cc1cccc(C)c1)C[C@@H](O)COc1ccccc1C. The number of aryl methyl sites for hydroxylation is 2. The Kier molecular flexibility index (Phi) is 7.29. The molecule has 2 aromatic rings. The highest BCUT2D eigenvalue weighted by atomic mass is 16.5. The van der Waals surface area contributed by atoms with Crippen LogP contribution in [0.3, 0.4) is 0 Å². The average molecular weight is 327 g/mol. The van der Waals surface area contributed by atoms with Crippen molar-refractivity contribution in [2.75, 3.05) is 19.7 Å². The Balaban J connectivity index is 1.88. The lowest BCUT2D eigenvalue weighted by molar-refractivity contribution is 0.0653. The summed E-state index contributed by atoms with van der Waals surface area (Å²) in [6.45, 7) is 9.06. The van der Waals surface area contributed by atoms with Crippen LogP contribution in [0.25, 0.3) is 0 Å². The zero-order valence-corrected chi connectivity index (χ0v) is 15.0. The number of aliphatic hydroxyl groups is 1. The molecule has 0 aliphatic rings. The largest absolute Gasteiger partial charge is 0.491 e. The molecule has 0 unspecified atom stereocenters. The van der Waals surface area contributed by atoms with Gasteiger partial charge in [-0.15, -0.1) is 0 Å². The molecular weight excluding hydrogens is 298 g/mol. The van der Waals surface area contributed by atoms with Crippen LogP contribution < -0.4 is 4.74 Å². The van der Waals surface area contributed by atoms with E-state index in [9.17, 15) is 5.11 Å². The third-order valence-corrected chi connectivity index (χ3v) is 4.02. The molecule has 0 amide bonds. The van der Waals surface area contributed by atoms with Gasteiger partial charge in [0.2, 0.25) is 0 Å². The number of rotatable bonds is 9. The average Bonchev–Trinajstić information content (AvgIpc) is 2.54. The van der Waals surface area contributed by atoms with Crippen molar-refractivity contribution in [2.45, 2.75) is 39.8 Å². The minimum atomic E-state index is -0.499. The molecule has 0 aliphatic carbocycles. The monoisotopic (exact) mass is 327 g/mol. The molecule has 24 heavy (non-hydrogen) atoms. The fraction of sp³-hybridized carbons (Fsp3) is 0.429. The molecule has 0 fully saturated rings. The van der Waals surface area contributed by atoms with Crippen molar-refractivity contribution in [1.82, 2.24) is 4.90 Å². The summed E-state index contributed by atoms with van der Waals surface area (Å²) in [7, 11) is 0. The van der Waals surface area contributed by atoms with E-state index in [2.05, 4.69) is 43.0 Å². The minimum absolute atomic E-state index is 0.318. The van der Waals surface area contributed by atoms with Gasteiger partial charge in [-0.1, -0.05) is 55.0 Å². The first-order valence-corrected chi connectivity index (χ1v) is 8.73. The number of hydrogen-bond acceptors (Lipinski definition) is 3. The molecule has 0 spiro atoms. The molecule has 3 nitrogen and oxygen atoms in total. The number of hydrogen-bond donors (Lipinski definition) is 1. The van der Waals surface area contributed by atoms with E-state index in [4.69, 9.17) is 4.74 Å². The van der Waals surface area contributed by atoms with Gasteiger partial charge in [-0.2, -0.15) is 0 Å². The van der Waals surface area contributed by atoms with Crippen LogP contribution in [0, 0.1) is 13.8 Å². The quantitative estimate of drug-likeness (QED) is 0.757. The van der Waals surface area contributed by atoms with Crippen LogP contribution >= 0.6 is 0 Å². The van der Waals surface area contributed by atoms with Gasteiger partial charge in [0.25, 0.3) is 0 Å². The first kappa shape index (κ1) is 18.5. The van der Waals surface area contributed by atoms with Gasteiger partial charge in [0.05, 0.1) is 0 Å². The Bertz CT molecular complexity index is 627. The molecule has 0 saturated heterocycles. The molecular formula is C21H29NO2. The lowest BCUT2D eigenvalue weighted by Crippen LogP contribution is -2.35. The fourth-order valence-electron chi connectivity index (χ4n) is 2.87. The van der Waals surface area contributed by atoms with Gasteiger partial charge in [0.15, 0.2) is 0 Å². The van der Waals surface area contributed by atoms with E-state index in [1.165, 1.54) is 11.1 Å². The number of nitrogens with zero attached hydrogens (tertiary/aromatic N) is 1. The van der Waals surface area contributed by atoms with Crippen LogP contribution in [0.2, 0.25) is 0 Å². The van der Waals surface area contributed by atoms with E-state index in [0.717, 1.165) is 30.8 Å².